The van der Waals surface area contributed by atoms with Crippen LogP contribution in [0.1, 0.15) is 23.7 Å². The lowest BCUT2D eigenvalue weighted by Gasteiger charge is -2.28. The first-order valence-corrected chi connectivity index (χ1v) is 10.1. The number of nitrogens with one attached hydrogen (secondary N) is 1. The molecular weight excluding hydrogens is 398 g/mol. The first-order chi connectivity index (χ1) is 15.0. The van der Waals surface area contributed by atoms with Crippen molar-refractivity contribution in [3.63, 3.8) is 0 Å². The zero-order valence-electron chi connectivity index (χ0n) is 17.4. The number of nitrogens with zero attached hydrogens (tertiary/aromatic N) is 4. The zero-order chi connectivity index (χ0) is 21.8. The van der Waals surface area contributed by atoms with E-state index in [-0.39, 0.29) is 24.6 Å². The maximum Gasteiger partial charge on any atom is 0.260 e. The Morgan fingerprint density at radius 3 is 2.87 bits per heavy atom. The van der Waals surface area contributed by atoms with E-state index in [9.17, 15) is 9.59 Å². The molecule has 3 heterocycles. The SMILES string of the molecule is CCOc1cc(C)ccc1OCC(=O)N1CCc2nc(-c3cnccn3)[nH]c(=O)c2C1. The van der Waals surface area contributed by atoms with Gasteiger partial charge in [0.25, 0.3) is 11.5 Å². The van der Waals surface area contributed by atoms with Gasteiger partial charge in [-0.2, -0.15) is 0 Å². The van der Waals surface area contributed by atoms with E-state index in [1.165, 1.54) is 0 Å². The van der Waals surface area contributed by atoms with Gasteiger partial charge in [0.1, 0.15) is 5.69 Å². The highest BCUT2D eigenvalue weighted by Gasteiger charge is 2.25. The summed E-state index contributed by atoms with van der Waals surface area (Å²) < 4.78 is 11.3. The minimum Gasteiger partial charge on any atom is -0.490 e. The summed E-state index contributed by atoms with van der Waals surface area (Å²) in [5.74, 6) is 1.30. The minimum absolute atomic E-state index is 0.137. The summed E-state index contributed by atoms with van der Waals surface area (Å²) in [6.07, 6.45) is 5.12. The van der Waals surface area contributed by atoms with Crippen molar-refractivity contribution in [2.75, 3.05) is 19.8 Å². The van der Waals surface area contributed by atoms with E-state index in [4.69, 9.17) is 9.47 Å². The number of rotatable bonds is 6. The molecule has 1 aromatic carbocycles. The Morgan fingerprint density at radius 1 is 1.23 bits per heavy atom. The van der Waals surface area contributed by atoms with Crippen molar-refractivity contribution in [2.45, 2.75) is 26.8 Å². The van der Waals surface area contributed by atoms with Crippen molar-refractivity contribution in [1.29, 1.82) is 0 Å². The lowest BCUT2D eigenvalue weighted by molar-refractivity contribution is -0.134. The molecule has 160 valence electrons. The largest absolute Gasteiger partial charge is 0.490 e. The fourth-order valence-electron chi connectivity index (χ4n) is 3.41. The number of hydrogen-bond donors (Lipinski definition) is 1. The van der Waals surface area contributed by atoms with Gasteiger partial charge in [-0.1, -0.05) is 6.07 Å². The summed E-state index contributed by atoms with van der Waals surface area (Å²) >= 11 is 0. The lowest BCUT2D eigenvalue weighted by Crippen LogP contribution is -2.41. The Bertz CT molecular complexity index is 1150. The van der Waals surface area contributed by atoms with Gasteiger partial charge in [-0.25, -0.2) is 9.97 Å². The number of ether oxygens (including phenoxy) is 2. The molecule has 0 radical (unpaired) electrons. The smallest absolute Gasteiger partial charge is 0.260 e. The number of amides is 1. The highest BCUT2D eigenvalue weighted by molar-refractivity contribution is 5.78. The fraction of sp³-hybridized carbons (Fsp3) is 0.318. The Labute approximate surface area is 179 Å². The number of aryl methyl sites for hydroxylation is 1. The molecule has 1 amide bonds. The van der Waals surface area contributed by atoms with E-state index < -0.39 is 0 Å². The standard InChI is InChI=1S/C22H23N5O4/c1-3-30-19-10-14(2)4-5-18(19)31-13-20(28)27-9-6-16-15(12-27)22(29)26-21(25-16)17-11-23-7-8-24-17/h4-5,7-8,10-11H,3,6,9,12-13H2,1-2H3,(H,25,26,29). The van der Waals surface area contributed by atoms with Crippen molar-refractivity contribution >= 4 is 5.91 Å². The third-order valence-corrected chi connectivity index (χ3v) is 4.98. The molecule has 0 unspecified atom stereocenters. The van der Waals surface area contributed by atoms with Crippen LogP contribution in [0, 0.1) is 6.92 Å². The fourth-order valence-corrected chi connectivity index (χ4v) is 3.41. The third kappa shape index (κ3) is 4.55. The lowest BCUT2D eigenvalue weighted by atomic mass is 10.1. The van der Waals surface area contributed by atoms with Gasteiger partial charge in [-0.05, 0) is 31.5 Å². The van der Waals surface area contributed by atoms with Crippen LogP contribution in [0.2, 0.25) is 0 Å². The molecule has 0 saturated carbocycles. The maximum atomic E-state index is 12.7. The molecule has 1 aliphatic rings. The number of fused-ring (bicyclic) bond motifs is 1. The van der Waals surface area contributed by atoms with Gasteiger partial charge >= 0.3 is 0 Å². The second kappa shape index (κ2) is 8.95. The molecule has 1 N–H and O–H groups in total. The second-order valence-electron chi connectivity index (χ2n) is 7.17. The topological polar surface area (TPSA) is 110 Å². The van der Waals surface area contributed by atoms with Crippen LogP contribution < -0.4 is 15.0 Å². The van der Waals surface area contributed by atoms with Crippen molar-refractivity contribution in [2.24, 2.45) is 0 Å². The molecule has 0 fully saturated rings. The Balaban J connectivity index is 1.46. The van der Waals surface area contributed by atoms with Crippen LogP contribution >= 0.6 is 0 Å². The van der Waals surface area contributed by atoms with E-state index in [1.54, 1.807) is 29.6 Å². The summed E-state index contributed by atoms with van der Waals surface area (Å²) in [5, 5.41) is 0. The summed E-state index contributed by atoms with van der Waals surface area (Å²) in [5.41, 5.74) is 2.42. The molecule has 3 aromatic rings. The van der Waals surface area contributed by atoms with Gasteiger partial charge in [0, 0.05) is 25.4 Å². The molecule has 0 bridgehead atoms. The normalized spacial score (nSPS) is 12.9. The van der Waals surface area contributed by atoms with Crippen LogP contribution in [0.3, 0.4) is 0 Å². The van der Waals surface area contributed by atoms with E-state index >= 15 is 0 Å². The monoisotopic (exact) mass is 421 g/mol. The number of hydrogen-bond acceptors (Lipinski definition) is 7. The van der Waals surface area contributed by atoms with Gasteiger partial charge in [0.15, 0.2) is 23.9 Å². The van der Waals surface area contributed by atoms with Crippen molar-refractivity contribution in [3.8, 4) is 23.0 Å². The predicted molar refractivity (Wildman–Crippen MR) is 113 cm³/mol. The Morgan fingerprint density at radius 2 is 2.10 bits per heavy atom. The molecular formula is C22H23N5O4. The van der Waals surface area contributed by atoms with Gasteiger partial charge in [-0.3, -0.25) is 14.6 Å². The van der Waals surface area contributed by atoms with Gasteiger partial charge < -0.3 is 19.4 Å². The highest BCUT2D eigenvalue weighted by Crippen LogP contribution is 2.28. The molecule has 0 aliphatic carbocycles. The van der Waals surface area contributed by atoms with Crippen LogP contribution in [0.4, 0.5) is 0 Å². The van der Waals surface area contributed by atoms with Crippen molar-refractivity contribution < 1.29 is 14.3 Å². The molecule has 31 heavy (non-hydrogen) atoms. The quantitative estimate of drug-likeness (QED) is 0.647. The summed E-state index contributed by atoms with van der Waals surface area (Å²) in [4.78, 5) is 42.4. The summed E-state index contributed by atoms with van der Waals surface area (Å²) in [7, 11) is 0. The van der Waals surface area contributed by atoms with Gasteiger partial charge in [0.05, 0.1) is 30.6 Å². The van der Waals surface area contributed by atoms with E-state index in [0.717, 1.165) is 5.56 Å². The molecule has 4 rings (SSSR count). The second-order valence-corrected chi connectivity index (χ2v) is 7.17. The van der Waals surface area contributed by atoms with E-state index in [1.807, 2.05) is 26.0 Å². The van der Waals surface area contributed by atoms with Crippen molar-refractivity contribution in [3.05, 3.63) is 64.0 Å². The van der Waals surface area contributed by atoms with E-state index in [0.29, 0.717) is 53.8 Å². The number of benzene rings is 1. The van der Waals surface area contributed by atoms with Crippen LogP contribution in [-0.2, 0) is 17.8 Å². The molecule has 9 nitrogen and oxygen atoms in total. The third-order valence-electron chi connectivity index (χ3n) is 4.98. The van der Waals surface area contributed by atoms with Crippen LogP contribution in [-0.4, -0.2) is 50.5 Å². The molecule has 2 aromatic heterocycles. The molecule has 0 atom stereocenters. The minimum atomic E-state index is -0.277. The first-order valence-electron chi connectivity index (χ1n) is 10.1. The van der Waals surface area contributed by atoms with Crippen LogP contribution in [0.15, 0.2) is 41.6 Å². The number of carbonyl (C=O) groups is 1. The van der Waals surface area contributed by atoms with Gasteiger partial charge in [0.2, 0.25) is 0 Å². The molecule has 0 spiro atoms. The number of H-pyrrole nitrogens is 1. The molecule has 0 saturated heterocycles. The zero-order valence-corrected chi connectivity index (χ0v) is 17.4. The number of aromatic amines is 1. The van der Waals surface area contributed by atoms with Gasteiger partial charge in [-0.15, -0.1) is 0 Å². The Kier molecular flexibility index (Phi) is 5.92. The molecule has 9 heteroatoms. The number of carbonyl (C=O) groups excluding carboxylic acids is 1. The average Bonchev–Trinajstić information content (AvgIpc) is 2.79. The first kappa shape index (κ1) is 20.5. The summed E-state index contributed by atoms with van der Waals surface area (Å²) in [6.45, 7) is 4.86. The number of aromatic nitrogens is 4. The average molecular weight is 421 g/mol. The predicted octanol–water partition coefficient (Wildman–Crippen LogP) is 1.90. The molecule has 1 aliphatic heterocycles. The maximum absolute atomic E-state index is 12.7. The van der Waals surface area contributed by atoms with Crippen LogP contribution in [0.5, 0.6) is 11.5 Å². The Hall–Kier alpha value is -3.75. The van der Waals surface area contributed by atoms with Crippen LogP contribution in [0.25, 0.3) is 11.5 Å². The van der Waals surface area contributed by atoms with Crippen molar-refractivity contribution in [1.82, 2.24) is 24.8 Å². The summed E-state index contributed by atoms with van der Waals surface area (Å²) in [6, 6.07) is 5.57. The highest BCUT2D eigenvalue weighted by atomic mass is 16.5. The van der Waals surface area contributed by atoms with E-state index in [2.05, 4.69) is 19.9 Å².